The van der Waals surface area contributed by atoms with Crippen molar-refractivity contribution in [2.24, 2.45) is 0 Å². The predicted molar refractivity (Wildman–Crippen MR) is 118 cm³/mol. The van der Waals surface area contributed by atoms with Crippen molar-refractivity contribution in [2.45, 2.75) is 52.5 Å². The number of hydrogen-bond acceptors (Lipinski definition) is 4. The van der Waals surface area contributed by atoms with E-state index in [1.54, 1.807) is 11.3 Å². The average Bonchev–Trinajstić information content (AvgIpc) is 3.01. The normalized spacial score (nSPS) is 16.3. The smallest absolute Gasteiger partial charge is 0.262 e. The molecule has 0 radical (unpaired) electrons. The van der Waals surface area contributed by atoms with Crippen LogP contribution < -0.4 is 5.56 Å². The number of piperidine rings is 1. The fourth-order valence-corrected chi connectivity index (χ4v) is 5.41. The van der Waals surface area contributed by atoms with Crippen molar-refractivity contribution in [3.05, 3.63) is 62.5 Å². The van der Waals surface area contributed by atoms with Gasteiger partial charge < -0.3 is 4.90 Å². The molecule has 3 heterocycles. The van der Waals surface area contributed by atoms with E-state index in [1.807, 2.05) is 67.5 Å². The number of aryl methyl sites for hydroxylation is 3. The van der Waals surface area contributed by atoms with E-state index < -0.39 is 0 Å². The van der Waals surface area contributed by atoms with Crippen molar-refractivity contribution in [3.8, 4) is 0 Å². The van der Waals surface area contributed by atoms with E-state index in [1.165, 1.54) is 0 Å². The van der Waals surface area contributed by atoms with Crippen LogP contribution in [0.1, 0.15) is 53.6 Å². The van der Waals surface area contributed by atoms with Crippen LogP contribution in [0.3, 0.4) is 0 Å². The number of carbonyl (C=O) groups is 1. The standard InChI is InChI=1S/C23H27N3O2S/c1-14-16(3)29-21-20(14)23(28)26(17(4)24-21)19-10-12-25(13-11-19)22(27)15(2)18-8-6-5-7-9-18/h5-9,15,19H,10-13H2,1-4H3/t15-/m1/s1. The monoisotopic (exact) mass is 409 g/mol. The lowest BCUT2D eigenvalue weighted by molar-refractivity contribution is -0.133. The molecule has 5 nitrogen and oxygen atoms in total. The van der Waals surface area contributed by atoms with Gasteiger partial charge in [0.15, 0.2) is 0 Å². The van der Waals surface area contributed by atoms with Crippen LogP contribution in [0.5, 0.6) is 0 Å². The molecule has 1 fully saturated rings. The summed E-state index contributed by atoms with van der Waals surface area (Å²) in [7, 11) is 0. The Bertz CT molecular complexity index is 1110. The predicted octanol–water partition coefficient (Wildman–Crippen LogP) is 4.35. The number of carbonyl (C=O) groups excluding carboxylic acids is 1. The van der Waals surface area contributed by atoms with Gasteiger partial charge in [-0.3, -0.25) is 14.2 Å². The molecule has 1 saturated heterocycles. The van der Waals surface area contributed by atoms with Gasteiger partial charge >= 0.3 is 0 Å². The molecule has 0 spiro atoms. The number of fused-ring (bicyclic) bond motifs is 1. The highest BCUT2D eigenvalue weighted by atomic mass is 32.1. The molecule has 1 atom stereocenters. The molecule has 1 aliphatic rings. The Morgan fingerprint density at radius 1 is 1.14 bits per heavy atom. The van der Waals surface area contributed by atoms with Gasteiger partial charge in [0, 0.05) is 24.0 Å². The second kappa shape index (κ2) is 7.75. The third-order valence-electron chi connectivity index (χ3n) is 6.22. The Morgan fingerprint density at radius 2 is 1.79 bits per heavy atom. The SMILES string of the molecule is Cc1sc2nc(C)n(C3CCN(C(=O)[C@H](C)c4ccccc4)CC3)c(=O)c2c1C. The second-order valence-corrected chi connectivity index (χ2v) is 9.19. The van der Waals surface area contributed by atoms with E-state index in [-0.39, 0.29) is 23.4 Å². The lowest BCUT2D eigenvalue weighted by Crippen LogP contribution is -2.43. The maximum absolute atomic E-state index is 13.2. The van der Waals surface area contributed by atoms with E-state index in [0.717, 1.165) is 44.9 Å². The first-order valence-corrected chi connectivity index (χ1v) is 11.0. The van der Waals surface area contributed by atoms with E-state index in [4.69, 9.17) is 4.98 Å². The van der Waals surface area contributed by atoms with Crippen molar-refractivity contribution in [2.75, 3.05) is 13.1 Å². The largest absolute Gasteiger partial charge is 0.342 e. The molecular weight excluding hydrogens is 382 g/mol. The number of amides is 1. The summed E-state index contributed by atoms with van der Waals surface area (Å²) in [6.07, 6.45) is 1.56. The molecule has 0 unspecified atom stereocenters. The Kier molecular flexibility index (Phi) is 5.30. The molecule has 1 aliphatic heterocycles. The van der Waals surface area contributed by atoms with Crippen LogP contribution in [-0.2, 0) is 4.79 Å². The van der Waals surface area contributed by atoms with Crippen LogP contribution in [0, 0.1) is 20.8 Å². The Balaban J connectivity index is 1.54. The molecule has 1 amide bonds. The van der Waals surface area contributed by atoms with Gasteiger partial charge in [-0.15, -0.1) is 11.3 Å². The fraction of sp³-hybridized carbons (Fsp3) is 0.435. The maximum Gasteiger partial charge on any atom is 0.262 e. The highest BCUT2D eigenvalue weighted by Gasteiger charge is 2.29. The summed E-state index contributed by atoms with van der Waals surface area (Å²) in [5.74, 6) is 0.787. The topological polar surface area (TPSA) is 55.2 Å². The Morgan fingerprint density at radius 3 is 2.45 bits per heavy atom. The number of hydrogen-bond donors (Lipinski definition) is 0. The van der Waals surface area contributed by atoms with Gasteiger partial charge in [0.05, 0.1) is 11.3 Å². The van der Waals surface area contributed by atoms with Gasteiger partial charge in [-0.05, 0) is 51.7 Å². The van der Waals surface area contributed by atoms with Crippen molar-refractivity contribution >= 4 is 27.5 Å². The molecule has 152 valence electrons. The van der Waals surface area contributed by atoms with Crippen molar-refractivity contribution in [3.63, 3.8) is 0 Å². The number of thiophene rings is 1. The van der Waals surface area contributed by atoms with Crippen LogP contribution >= 0.6 is 11.3 Å². The van der Waals surface area contributed by atoms with Crippen molar-refractivity contribution in [1.29, 1.82) is 0 Å². The minimum absolute atomic E-state index is 0.0665. The third-order valence-corrected chi connectivity index (χ3v) is 7.32. The van der Waals surface area contributed by atoms with E-state index in [0.29, 0.717) is 13.1 Å². The molecule has 1 aromatic carbocycles. The van der Waals surface area contributed by atoms with E-state index >= 15 is 0 Å². The molecule has 0 aliphatic carbocycles. The average molecular weight is 410 g/mol. The van der Waals surface area contributed by atoms with Crippen LogP contribution in [0.15, 0.2) is 35.1 Å². The van der Waals surface area contributed by atoms with Crippen LogP contribution in [0.25, 0.3) is 10.2 Å². The van der Waals surface area contributed by atoms with Gasteiger partial charge in [0.1, 0.15) is 10.7 Å². The Labute approximate surface area is 175 Å². The van der Waals surface area contributed by atoms with Crippen LogP contribution in [0.4, 0.5) is 0 Å². The van der Waals surface area contributed by atoms with E-state index in [9.17, 15) is 9.59 Å². The maximum atomic E-state index is 13.2. The second-order valence-electron chi connectivity index (χ2n) is 7.99. The highest BCUT2D eigenvalue weighted by Crippen LogP contribution is 2.29. The van der Waals surface area contributed by atoms with Gasteiger partial charge in [-0.2, -0.15) is 0 Å². The first-order valence-electron chi connectivity index (χ1n) is 10.2. The highest BCUT2D eigenvalue weighted by molar-refractivity contribution is 7.18. The summed E-state index contributed by atoms with van der Waals surface area (Å²) in [4.78, 5) is 34.8. The molecule has 0 N–H and O–H groups in total. The summed E-state index contributed by atoms with van der Waals surface area (Å²) < 4.78 is 1.87. The summed E-state index contributed by atoms with van der Waals surface area (Å²) in [6.45, 7) is 9.28. The summed E-state index contributed by atoms with van der Waals surface area (Å²) in [5.41, 5.74) is 2.15. The molecule has 3 aromatic rings. The van der Waals surface area contributed by atoms with Gasteiger partial charge in [-0.1, -0.05) is 30.3 Å². The first kappa shape index (κ1) is 19.8. The molecule has 29 heavy (non-hydrogen) atoms. The number of nitrogens with zero attached hydrogens (tertiary/aromatic N) is 3. The van der Waals surface area contributed by atoms with Crippen LogP contribution in [-0.4, -0.2) is 33.4 Å². The Hall–Kier alpha value is -2.47. The number of rotatable bonds is 3. The molecule has 6 heteroatoms. The third kappa shape index (κ3) is 3.50. The molecule has 0 bridgehead atoms. The van der Waals surface area contributed by atoms with Crippen molar-refractivity contribution < 1.29 is 4.79 Å². The summed E-state index contributed by atoms with van der Waals surface area (Å²) in [5, 5.41) is 0.759. The number of benzene rings is 1. The zero-order valence-electron chi connectivity index (χ0n) is 17.4. The molecule has 4 rings (SSSR count). The van der Waals surface area contributed by atoms with Crippen molar-refractivity contribution in [1.82, 2.24) is 14.5 Å². The summed E-state index contributed by atoms with van der Waals surface area (Å²) >= 11 is 1.59. The van der Waals surface area contributed by atoms with Gasteiger partial charge in [-0.25, -0.2) is 4.98 Å². The minimum Gasteiger partial charge on any atom is -0.342 e. The number of likely N-dealkylation sites (tertiary alicyclic amines) is 1. The molecule has 2 aromatic heterocycles. The van der Waals surface area contributed by atoms with Crippen LogP contribution in [0.2, 0.25) is 0 Å². The molecular formula is C23H27N3O2S. The first-order chi connectivity index (χ1) is 13.9. The fourth-order valence-electron chi connectivity index (χ4n) is 4.34. The lowest BCUT2D eigenvalue weighted by Gasteiger charge is -2.35. The van der Waals surface area contributed by atoms with E-state index in [2.05, 4.69) is 0 Å². The zero-order chi connectivity index (χ0) is 20.7. The quantitative estimate of drug-likeness (QED) is 0.646. The summed E-state index contributed by atoms with van der Waals surface area (Å²) in [6, 6.07) is 10.0. The molecule has 0 saturated carbocycles. The van der Waals surface area contributed by atoms with Gasteiger partial charge in [0.25, 0.3) is 5.56 Å². The number of aromatic nitrogens is 2. The minimum atomic E-state index is -0.147. The zero-order valence-corrected chi connectivity index (χ0v) is 18.3. The lowest BCUT2D eigenvalue weighted by atomic mass is 9.97. The van der Waals surface area contributed by atoms with Gasteiger partial charge in [0.2, 0.25) is 5.91 Å².